The second-order valence-corrected chi connectivity index (χ2v) is 4.89. The summed E-state index contributed by atoms with van der Waals surface area (Å²) in [7, 11) is 1.86. The third-order valence-corrected chi connectivity index (χ3v) is 3.52. The Hall–Kier alpha value is -2.56. The van der Waals surface area contributed by atoms with Crippen LogP contribution in [0.25, 0.3) is 10.9 Å². The minimum Gasteiger partial charge on any atom is -0.351 e. The van der Waals surface area contributed by atoms with Crippen molar-refractivity contribution >= 4 is 22.5 Å². The molecule has 0 aliphatic rings. The molecule has 0 fully saturated rings. The normalized spacial score (nSPS) is 10.9. The Bertz CT molecular complexity index is 764. The van der Waals surface area contributed by atoms with Crippen LogP contribution in [-0.2, 0) is 7.05 Å². The van der Waals surface area contributed by atoms with E-state index in [1.807, 2.05) is 51.2 Å². The predicted octanol–water partition coefficient (Wildman–Crippen LogP) is 2.77. The smallest absolute Gasteiger partial charge is 0.272 e. The molecule has 3 rings (SSSR count). The average Bonchev–Trinajstić information content (AvgIpc) is 2.95. The second kappa shape index (κ2) is 4.52. The zero-order valence-electron chi connectivity index (χ0n) is 11.7. The van der Waals surface area contributed by atoms with E-state index in [-0.39, 0.29) is 5.91 Å². The van der Waals surface area contributed by atoms with Crippen molar-refractivity contribution in [3.05, 3.63) is 47.4 Å². The lowest BCUT2D eigenvalue weighted by atomic mass is 10.2. The fourth-order valence-electron chi connectivity index (χ4n) is 2.33. The summed E-state index contributed by atoms with van der Waals surface area (Å²) in [5.74, 6) is -0.152. The zero-order valence-corrected chi connectivity index (χ0v) is 11.7. The van der Waals surface area contributed by atoms with Gasteiger partial charge in [0.05, 0.1) is 17.1 Å². The van der Waals surface area contributed by atoms with Gasteiger partial charge in [0.1, 0.15) is 5.69 Å². The van der Waals surface area contributed by atoms with Crippen molar-refractivity contribution in [2.45, 2.75) is 13.8 Å². The van der Waals surface area contributed by atoms with E-state index >= 15 is 0 Å². The maximum absolute atomic E-state index is 12.3. The van der Waals surface area contributed by atoms with Crippen molar-refractivity contribution in [3.63, 3.8) is 0 Å². The molecule has 0 unspecified atom stereocenters. The Morgan fingerprint density at radius 3 is 2.70 bits per heavy atom. The maximum Gasteiger partial charge on any atom is 0.272 e. The first-order valence-electron chi connectivity index (χ1n) is 6.45. The van der Waals surface area contributed by atoms with Gasteiger partial charge in [-0.2, -0.15) is 5.10 Å². The van der Waals surface area contributed by atoms with E-state index in [0.717, 1.165) is 28.0 Å². The Kier molecular flexibility index (Phi) is 2.82. The predicted molar refractivity (Wildman–Crippen MR) is 78.9 cm³/mol. The number of benzene rings is 1. The molecule has 2 N–H and O–H groups in total. The SMILES string of the molecule is Cc1nn(C)c(C)c1NC(=O)c1cc2ccccc2[nH]1. The lowest BCUT2D eigenvalue weighted by molar-refractivity contribution is 0.102. The van der Waals surface area contributed by atoms with Crippen LogP contribution in [0.5, 0.6) is 0 Å². The Morgan fingerprint density at radius 2 is 2.05 bits per heavy atom. The average molecular weight is 268 g/mol. The molecule has 1 amide bonds. The minimum absolute atomic E-state index is 0.152. The minimum atomic E-state index is -0.152. The standard InChI is InChI=1S/C15H16N4O/c1-9-14(10(2)19(3)18-9)17-15(20)13-8-11-6-4-5-7-12(11)16-13/h4-8,16H,1-3H3,(H,17,20). The first-order chi connectivity index (χ1) is 9.56. The van der Waals surface area contributed by atoms with Gasteiger partial charge in [-0.25, -0.2) is 0 Å². The molecule has 20 heavy (non-hydrogen) atoms. The first-order valence-corrected chi connectivity index (χ1v) is 6.45. The molecule has 5 heteroatoms. The number of anilines is 1. The molecule has 1 aromatic carbocycles. The molecule has 0 spiro atoms. The van der Waals surface area contributed by atoms with E-state index < -0.39 is 0 Å². The van der Waals surface area contributed by atoms with Crippen LogP contribution in [0.3, 0.4) is 0 Å². The van der Waals surface area contributed by atoms with Crippen molar-refractivity contribution in [3.8, 4) is 0 Å². The maximum atomic E-state index is 12.3. The van der Waals surface area contributed by atoms with Gasteiger partial charge < -0.3 is 10.3 Å². The summed E-state index contributed by atoms with van der Waals surface area (Å²) < 4.78 is 1.76. The number of aromatic amines is 1. The van der Waals surface area contributed by atoms with Crippen molar-refractivity contribution in [1.29, 1.82) is 0 Å². The molecule has 0 atom stereocenters. The van der Waals surface area contributed by atoms with E-state index in [0.29, 0.717) is 5.69 Å². The summed E-state index contributed by atoms with van der Waals surface area (Å²) in [5.41, 5.74) is 4.03. The summed E-state index contributed by atoms with van der Waals surface area (Å²) in [4.78, 5) is 15.4. The number of nitrogens with one attached hydrogen (secondary N) is 2. The third-order valence-electron chi connectivity index (χ3n) is 3.52. The Labute approximate surface area is 116 Å². The number of hydrogen-bond acceptors (Lipinski definition) is 2. The third kappa shape index (κ3) is 1.97. The van der Waals surface area contributed by atoms with E-state index in [4.69, 9.17) is 0 Å². The first kappa shape index (κ1) is 12.5. The van der Waals surface area contributed by atoms with Gasteiger partial charge in [-0.3, -0.25) is 9.48 Å². The van der Waals surface area contributed by atoms with Gasteiger partial charge in [-0.05, 0) is 26.0 Å². The fourth-order valence-corrected chi connectivity index (χ4v) is 2.33. The quantitative estimate of drug-likeness (QED) is 0.750. The van der Waals surface area contributed by atoms with Crippen LogP contribution in [0.2, 0.25) is 0 Å². The van der Waals surface area contributed by atoms with Crippen LogP contribution in [-0.4, -0.2) is 20.7 Å². The molecule has 3 aromatic rings. The van der Waals surface area contributed by atoms with E-state index in [1.54, 1.807) is 4.68 Å². The van der Waals surface area contributed by atoms with E-state index in [9.17, 15) is 4.79 Å². The largest absolute Gasteiger partial charge is 0.351 e. The molecular formula is C15H16N4O. The van der Waals surface area contributed by atoms with Crippen molar-refractivity contribution in [1.82, 2.24) is 14.8 Å². The summed E-state index contributed by atoms with van der Waals surface area (Å²) in [6.45, 7) is 3.81. The number of carbonyl (C=O) groups is 1. The van der Waals surface area contributed by atoms with Crippen LogP contribution in [0.4, 0.5) is 5.69 Å². The topological polar surface area (TPSA) is 62.7 Å². The van der Waals surface area contributed by atoms with Crippen LogP contribution in [0, 0.1) is 13.8 Å². The highest BCUT2D eigenvalue weighted by Gasteiger charge is 2.15. The number of rotatable bonds is 2. The molecule has 0 aliphatic carbocycles. The van der Waals surface area contributed by atoms with E-state index in [2.05, 4.69) is 15.4 Å². The highest BCUT2D eigenvalue weighted by molar-refractivity contribution is 6.06. The zero-order chi connectivity index (χ0) is 14.3. The molecular weight excluding hydrogens is 252 g/mol. The molecule has 5 nitrogen and oxygen atoms in total. The highest BCUT2D eigenvalue weighted by Crippen LogP contribution is 2.20. The van der Waals surface area contributed by atoms with Gasteiger partial charge in [0.15, 0.2) is 0 Å². The number of aromatic nitrogens is 3. The van der Waals surface area contributed by atoms with Gasteiger partial charge >= 0.3 is 0 Å². The van der Waals surface area contributed by atoms with Crippen LogP contribution >= 0.6 is 0 Å². The van der Waals surface area contributed by atoms with Crippen LogP contribution in [0.1, 0.15) is 21.9 Å². The molecule has 0 aliphatic heterocycles. The van der Waals surface area contributed by atoms with Gasteiger partial charge in [0.25, 0.3) is 5.91 Å². The van der Waals surface area contributed by atoms with Crippen molar-refractivity contribution < 1.29 is 4.79 Å². The lowest BCUT2D eigenvalue weighted by Gasteiger charge is -2.03. The number of amides is 1. The number of fused-ring (bicyclic) bond motifs is 1. The molecule has 2 heterocycles. The molecule has 102 valence electrons. The van der Waals surface area contributed by atoms with Crippen molar-refractivity contribution in [2.75, 3.05) is 5.32 Å². The molecule has 0 radical (unpaired) electrons. The summed E-state index contributed by atoms with van der Waals surface area (Å²) in [6, 6.07) is 9.67. The summed E-state index contributed by atoms with van der Waals surface area (Å²) in [5, 5.41) is 8.24. The molecule has 0 saturated heterocycles. The number of carbonyl (C=O) groups excluding carboxylic acids is 1. The Balaban J connectivity index is 1.93. The number of hydrogen-bond donors (Lipinski definition) is 2. The second-order valence-electron chi connectivity index (χ2n) is 4.89. The fraction of sp³-hybridized carbons (Fsp3) is 0.200. The Morgan fingerprint density at radius 1 is 1.30 bits per heavy atom. The summed E-state index contributed by atoms with van der Waals surface area (Å²) in [6.07, 6.45) is 0. The van der Waals surface area contributed by atoms with Crippen LogP contribution in [0.15, 0.2) is 30.3 Å². The van der Waals surface area contributed by atoms with E-state index in [1.165, 1.54) is 0 Å². The number of H-pyrrole nitrogens is 1. The molecule has 0 saturated carbocycles. The monoisotopic (exact) mass is 268 g/mol. The van der Waals surface area contributed by atoms with Gasteiger partial charge in [-0.1, -0.05) is 18.2 Å². The lowest BCUT2D eigenvalue weighted by Crippen LogP contribution is -2.13. The molecule has 0 bridgehead atoms. The highest BCUT2D eigenvalue weighted by atomic mass is 16.1. The van der Waals surface area contributed by atoms with Gasteiger partial charge in [-0.15, -0.1) is 0 Å². The van der Waals surface area contributed by atoms with Crippen molar-refractivity contribution in [2.24, 2.45) is 7.05 Å². The van der Waals surface area contributed by atoms with Gasteiger partial charge in [0, 0.05) is 18.0 Å². The number of para-hydroxylation sites is 1. The number of nitrogens with zero attached hydrogens (tertiary/aromatic N) is 2. The van der Waals surface area contributed by atoms with Crippen LogP contribution < -0.4 is 5.32 Å². The summed E-state index contributed by atoms with van der Waals surface area (Å²) >= 11 is 0. The number of aryl methyl sites for hydroxylation is 2. The molecule has 2 aromatic heterocycles. The van der Waals surface area contributed by atoms with Gasteiger partial charge in [0.2, 0.25) is 0 Å².